The number of carbonyl (C=O) groups excluding carboxylic acids is 2. The monoisotopic (exact) mass is 326 g/mol. The van der Waals surface area contributed by atoms with E-state index in [0.29, 0.717) is 20.9 Å². The predicted octanol–water partition coefficient (Wildman–Crippen LogP) is 3.61. The van der Waals surface area contributed by atoms with Crippen LogP contribution in [0.15, 0.2) is 58.3 Å². The molecule has 102 valence electrons. The standard InChI is InChI=1S/C14H8Cl2O3S/c15-13(17)9-1-5-11(6-2-9)20(19)12-7-3-10(4-8-12)14(16)18/h1-8H. The number of hydrogen-bond acceptors (Lipinski definition) is 3. The normalized spacial score (nSPS) is 10.6. The average Bonchev–Trinajstić information content (AvgIpc) is 2.46. The largest absolute Gasteiger partial charge is 0.276 e. The third kappa shape index (κ3) is 3.33. The number of hydrogen-bond donors (Lipinski definition) is 0. The molecule has 0 saturated heterocycles. The summed E-state index contributed by atoms with van der Waals surface area (Å²) in [5, 5.41) is -1.13. The van der Waals surface area contributed by atoms with Crippen LogP contribution >= 0.6 is 23.2 Å². The van der Waals surface area contributed by atoms with E-state index in [0.717, 1.165) is 0 Å². The maximum Gasteiger partial charge on any atom is 0.252 e. The second-order valence-corrected chi connectivity index (χ2v) is 6.03. The van der Waals surface area contributed by atoms with Crippen molar-refractivity contribution in [2.75, 3.05) is 0 Å². The van der Waals surface area contributed by atoms with Gasteiger partial charge in [0.2, 0.25) is 0 Å². The molecule has 0 bridgehead atoms. The van der Waals surface area contributed by atoms with E-state index in [1.165, 1.54) is 24.3 Å². The first-order valence-electron chi connectivity index (χ1n) is 5.50. The molecule has 3 nitrogen and oxygen atoms in total. The zero-order valence-electron chi connectivity index (χ0n) is 10.0. The minimum absolute atomic E-state index is 0.343. The van der Waals surface area contributed by atoms with E-state index in [4.69, 9.17) is 23.2 Å². The van der Waals surface area contributed by atoms with Crippen LogP contribution in [0.2, 0.25) is 0 Å². The molecule has 0 aliphatic carbocycles. The Morgan fingerprint density at radius 1 is 0.700 bits per heavy atom. The van der Waals surface area contributed by atoms with E-state index in [2.05, 4.69) is 0 Å². The summed E-state index contributed by atoms with van der Waals surface area (Å²) in [4.78, 5) is 23.0. The quantitative estimate of drug-likeness (QED) is 0.806. The second kappa shape index (κ2) is 6.31. The Balaban J connectivity index is 2.26. The van der Waals surface area contributed by atoms with Crippen LogP contribution in [0.3, 0.4) is 0 Å². The molecular weight excluding hydrogens is 319 g/mol. The molecular formula is C14H8Cl2O3S. The van der Waals surface area contributed by atoms with Gasteiger partial charge in [-0.15, -0.1) is 0 Å². The minimum Gasteiger partial charge on any atom is -0.276 e. The molecule has 0 unspecified atom stereocenters. The molecule has 0 N–H and O–H groups in total. The van der Waals surface area contributed by atoms with Crippen molar-refractivity contribution in [1.29, 1.82) is 0 Å². The van der Waals surface area contributed by atoms with Crippen molar-refractivity contribution in [3.05, 3.63) is 59.7 Å². The Kier molecular flexibility index (Phi) is 4.70. The molecule has 2 aromatic carbocycles. The average molecular weight is 327 g/mol. The fourth-order valence-corrected chi connectivity index (χ4v) is 2.85. The lowest BCUT2D eigenvalue weighted by molar-refractivity contribution is 0.107. The van der Waals surface area contributed by atoms with Crippen molar-refractivity contribution >= 4 is 44.5 Å². The molecule has 2 rings (SSSR count). The summed E-state index contributed by atoms with van der Waals surface area (Å²) < 4.78 is 12.3. The highest BCUT2D eigenvalue weighted by molar-refractivity contribution is 7.85. The fourth-order valence-electron chi connectivity index (χ4n) is 1.56. The Bertz CT molecular complexity index is 619. The van der Waals surface area contributed by atoms with Gasteiger partial charge in [0.05, 0.1) is 10.8 Å². The lowest BCUT2D eigenvalue weighted by Gasteiger charge is -2.03. The van der Waals surface area contributed by atoms with Crippen LogP contribution in [-0.4, -0.2) is 14.7 Å². The third-order valence-electron chi connectivity index (χ3n) is 2.59. The van der Waals surface area contributed by atoms with Gasteiger partial charge in [0.25, 0.3) is 10.5 Å². The Hall–Kier alpha value is -1.49. The Morgan fingerprint density at radius 2 is 1.00 bits per heavy atom. The van der Waals surface area contributed by atoms with Gasteiger partial charge in [0, 0.05) is 20.9 Å². The number of rotatable bonds is 4. The van der Waals surface area contributed by atoms with Crippen molar-refractivity contribution in [1.82, 2.24) is 0 Å². The van der Waals surface area contributed by atoms with Gasteiger partial charge in [-0.3, -0.25) is 9.59 Å². The molecule has 20 heavy (non-hydrogen) atoms. The van der Waals surface area contributed by atoms with E-state index in [-0.39, 0.29) is 0 Å². The maximum absolute atomic E-state index is 12.3. The fraction of sp³-hybridized carbons (Fsp3) is 0. The first-order valence-corrected chi connectivity index (χ1v) is 7.41. The molecule has 0 atom stereocenters. The molecule has 0 heterocycles. The summed E-state index contributed by atoms with van der Waals surface area (Å²) >= 11 is 10.7. The van der Waals surface area contributed by atoms with E-state index in [1.807, 2.05) is 0 Å². The zero-order valence-corrected chi connectivity index (χ0v) is 12.3. The highest BCUT2D eigenvalue weighted by atomic mass is 35.5. The van der Waals surface area contributed by atoms with Crippen LogP contribution in [0.4, 0.5) is 0 Å². The van der Waals surface area contributed by atoms with Gasteiger partial charge < -0.3 is 0 Å². The van der Waals surface area contributed by atoms with Gasteiger partial charge >= 0.3 is 0 Å². The molecule has 0 aromatic heterocycles. The van der Waals surface area contributed by atoms with E-state index in [9.17, 15) is 13.8 Å². The molecule has 0 amide bonds. The molecule has 0 aliphatic rings. The zero-order chi connectivity index (χ0) is 14.7. The molecule has 6 heteroatoms. The van der Waals surface area contributed by atoms with Crippen molar-refractivity contribution in [2.45, 2.75) is 9.79 Å². The van der Waals surface area contributed by atoms with E-state index >= 15 is 0 Å². The smallest absolute Gasteiger partial charge is 0.252 e. The van der Waals surface area contributed by atoms with Crippen molar-refractivity contribution in [3.8, 4) is 0 Å². The summed E-state index contributed by atoms with van der Waals surface area (Å²) in [7, 11) is -1.40. The number of carbonyl (C=O) groups is 2. The molecule has 0 saturated carbocycles. The van der Waals surface area contributed by atoms with Gasteiger partial charge in [-0.25, -0.2) is 4.21 Å². The predicted molar refractivity (Wildman–Crippen MR) is 77.9 cm³/mol. The third-order valence-corrected chi connectivity index (χ3v) is 4.43. The van der Waals surface area contributed by atoms with Crippen molar-refractivity contribution < 1.29 is 13.8 Å². The topological polar surface area (TPSA) is 51.2 Å². The summed E-state index contributed by atoms with van der Waals surface area (Å²) in [6.07, 6.45) is 0. The van der Waals surface area contributed by atoms with Gasteiger partial charge in [0.1, 0.15) is 0 Å². The van der Waals surface area contributed by atoms with Crippen LogP contribution in [-0.2, 0) is 10.8 Å². The number of halogens is 2. The molecule has 0 fully saturated rings. The van der Waals surface area contributed by atoms with Gasteiger partial charge in [-0.2, -0.15) is 0 Å². The summed E-state index contributed by atoms with van der Waals surface area (Å²) in [6.45, 7) is 0. The van der Waals surface area contributed by atoms with E-state index in [1.54, 1.807) is 24.3 Å². The lowest BCUT2D eigenvalue weighted by Crippen LogP contribution is -1.96. The van der Waals surface area contributed by atoms with Crippen molar-refractivity contribution in [3.63, 3.8) is 0 Å². The summed E-state index contributed by atoms with van der Waals surface area (Å²) in [5.74, 6) is 0. The van der Waals surface area contributed by atoms with Gasteiger partial charge in [-0.1, -0.05) is 0 Å². The van der Waals surface area contributed by atoms with Crippen LogP contribution in [0.25, 0.3) is 0 Å². The number of benzene rings is 2. The Morgan fingerprint density at radius 3 is 1.25 bits per heavy atom. The lowest BCUT2D eigenvalue weighted by atomic mass is 10.2. The molecule has 0 radical (unpaired) electrons. The highest BCUT2D eigenvalue weighted by Gasteiger charge is 2.09. The highest BCUT2D eigenvalue weighted by Crippen LogP contribution is 2.18. The molecule has 0 spiro atoms. The van der Waals surface area contributed by atoms with Crippen LogP contribution in [0.1, 0.15) is 20.7 Å². The SMILES string of the molecule is O=C(Cl)c1ccc(S(=O)c2ccc(C(=O)Cl)cc2)cc1. The van der Waals surface area contributed by atoms with Gasteiger partial charge in [0.15, 0.2) is 0 Å². The minimum atomic E-state index is -1.40. The van der Waals surface area contributed by atoms with Crippen LogP contribution in [0, 0.1) is 0 Å². The van der Waals surface area contributed by atoms with Gasteiger partial charge in [-0.05, 0) is 71.7 Å². The summed E-state index contributed by atoms with van der Waals surface area (Å²) in [5.41, 5.74) is 0.686. The summed E-state index contributed by atoms with van der Waals surface area (Å²) in [6, 6.07) is 12.4. The maximum atomic E-state index is 12.3. The second-order valence-electron chi connectivity index (χ2n) is 3.86. The van der Waals surface area contributed by atoms with Crippen LogP contribution in [0.5, 0.6) is 0 Å². The molecule has 2 aromatic rings. The first-order chi connectivity index (χ1) is 9.49. The van der Waals surface area contributed by atoms with Crippen LogP contribution < -0.4 is 0 Å². The van der Waals surface area contributed by atoms with E-state index < -0.39 is 21.3 Å². The Labute approximate surface area is 128 Å². The first kappa shape index (κ1) is 14.9. The molecule has 0 aliphatic heterocycles. The van der Waals surface area contributed by atoms with Crippen molar-refractivity contribution in [2.24, 2.45) is 0 Å².